The van der Waals surface area contributed by atoms with Crippen LogP contribution in [0.3, 0.4) is 0 Å². The van der Waals surface area contributed by atoms with Crippen LogP contribution in [0.15, 0.2) is 24.3 Å². The largest absolute Gasteiger partial charge is 0.376 e. The van der Waals surface area contributed by atoms with Crippen LogP contribution in [0.1, 0.15) is 17.2 Å². The van der Waals surface area contributed by atoms with Crippen molar-refractivity contribution in [2.75, 3.05) is 17.6 Å². The Morgan fingerprint density at radius 1 is 1.53 bits per heavy atom. The lowest BCUT2D eigenvalue weighted by molar-refractivity contribution is -0.150. The third-order valence-corrected chi connectivity index (χ3v) is 3.32. The van der Waals surface area contributed by atoms with Crippen LogP contribution >= 0.6 is 22.6 Å². The molecule has 0 bridgehead atoms. The van der Waals surface area contributed by atoms with E-state index in [1.54, 1.807) is 0 Å². The molecule has 2 nitrogen and oxygen atoms in total. The van der Waals surface area contributed by atoms with Crippen LogP contribution in [0, 0.1) is 6.92 Å². The smallest absolute Gasteiger partial charge is 0.105 e. The van der Waals surface area contributed by atoms with Gasteiger partial charge in [-0.25, -0.2) is 0 Å². The predicted octanol–water partition coefficient (Wildman–Crippen LogP) is 2.89. The van der Waals surface area contributed by atoms with Crippen molar-refractivity contribution in [1.29, 1.82) is 0 Å². The third kappa shape index (κ3) is 2.92. The molecular formula is C12H15IO2. The Balaban J connectivity index is 2.04. The van der Waals surface area contributed by atoms with Crippen LogP contribution < -0.4 is 0 Å². The zero-order valence-electron chi connectivity index (χ0n) is 8.78. The summed E-state index contributed by atoms with van der Waals surface area (Å²) in [5, 5.41) is 0. The van der Waals surface area contributed by atoms with E-state index in [4.69, 9.17) is 9.47 Å². The lowest BCUT2D eigenvalue weighted by atomic mass is 10.1. The average Bonchev–Trinajstić information content (AvgIpc) is 2.16. The maximum atomic E-state index is 5.94. The van der Waals surface area contributed by atoms with Crippen LogP contribution in [-0.4, -0.2) is 23.7 Å². The first kappa shape index (κ1) is 11.4. The Morgan fingerprint density at radius 2 is 2.33 bits per heavy atom. The van der Waals surface area contributed by atoms with Crippen molar-refractivity contribution < 1.29 is 9.47 Å². The van der Waals surface area contributed by atoms with E-state index >= 15 is 0 Å². The predicted molar refractivity (Wildman–Crippen MR) is 68.5 cm³/mol. The summed E-state index contributed by atoms with van der Waals surface area (Å²) in [6.45, 7) is 3.61. The summed E-state index contributed by atoms with van der Waals surface area (Å²) in [7, 11) is 0. The summed E-state index contributed by atoms with van der Waals surface area (Å²) in [6.07, 6.45) is 0.504. The maximum absolute atomic E-state index is 5.94. The molecule has 1 aliphatic rings. The molecule has 1 aromatic rings. The molecule has 82 valence electrons. The van der Waals surface area contributed by atoms with Gasteiger partial charge in [-0.05, 0) is 12.5 Å². The highest BCUT2D eigenvalue weighted by Gasteiger charge is 2.23. The zero-order chi connectivity index (χ0) is 10.7. The molecular weight excluding hydrogens is 303 g/mol. The standard InChI is InChI=1S/C12H15IO2/c1-9-3-2-4-10(5-9)12(6-13)15-11-7-14-8-11/h2-5,11-12H,6-8H2,1H3. The second-order valence-corrected chi connectivity index (χ2v) is 4.73. The fourth-order valence-corrected chi connectivity index (χ4v) is 2.32. The Morgan fingerprint density at radius 3 is 2.87 bits per heavy atom. The Bertz CT molecular complexity index is 323. The van der Waals surface area contributed by atoms with Gasteiger partial charge in [-0.1, -0.05) is 52.4 Å². The first-order valence-electron chi connectivity index (χ1n) is 5.15. The van der Waals surface area contributed by atoms with Crippen LogP contribution in [0.2, 0.25) is 0 Å². The normalized spacial score (nSPS) is 18.5. The number of rotatable bonds is 4. The molecule has 1 atom stereocenters. The second kappa shape index (κ2) is 5.27. The molecule has 1 heterocycles. The summed E-state index contributed by atoms with van der Waals surface area (Å²) >= 11 is 2.37. The van der Waals surface area contributed by atoms with E-state index in [1.807, 2.05) is 0 Å². The lowest BCUT2D eigenvalue weighted by Crippen LogP contribution is -2.37. The van der Waals surface area contributed by atoms with Crippen molar-refractivity contribution in [2.45, 2.75) is 19.1 Å². The molecule has 2 rings (SSSR count). The molecule has 0 radical (unpaired) electrons. The van der Waals surface area contributed by atoms with E-state index in [2.05, 4.69) is 53.8 Å². The first-order valence-corrected chi connectivity index (χ1v) is 6.68. The lowest BCUT2D eigenvalue weighted by Gasteiger charge is -2.30. The Labute approximate surface area is 104 Å². The van der Waals surface area contributed by atoms with Crippen molar-refractivity contribution in [3.63, 3.8) is 0 Å². The first-order chi connectivity index (χ1) is 7.29. The van der Waals surface area contributed by atoms with Gasteiger partial charge in [-0.2, -0.15) is 0 Å². The van der Waals surface area contributed by atoms with E-state index < -0.39 is 0 Å². The molecule has 0 saturated carbocycles. The summed E-state index contributed by atoms with van der Waals surface area (Å²) in [4.78, 5) is 0. The molecule has 1 saturated heterocycles. The third-order valence-electron chi connectivity index (χ3n) is 2.52. The summed E-state index contributed by atoms with van der Waals surface area (Å²) in [5.74, 6) is 0. The van der Waals surface area contributed by atoms with Gasteiger partial charge in [-0.3, -0.25) is 0 Å². The van der Waals surface area contributed by atoms with Crippen LogP contribution in [0.4, 0.5) is 0 Å². The molecule has 0 N–H and O–H groups in total. The molecule has 0 amide bonds. The van der Waals surface area contributed by atoms with Gasteiger partial charge in [0.1, 0.15) is 6.10 Å². The van der Waals surface area contributed by atoms with Crippen molar-refractivity contribution in [3.05, 3.63) is 35.4 Å². The van der Waals surface area contributed by atoms with E-state index in [1.165, 1.54) is 11.1 Å². The Hall–Kier alpha value is -0.130. The topological polar surface area (TPSA) is 18.5 Å². The number of ether oxygens (including phenoxy) is 2. The fourth-order valence-electron chi connectivity index (χ4n) is 1.60. The Kier molecular flexibility index (Phi) is 3.99. The minimum atomic E-state index is 0.208. The molecule has 1 unspecified atom stereocenters. The minimum Gasteiger partial charge on any atom is -0.376 e. The quantitative estimate of drug-likeness (QED) is 0.628. The highest BCUT2D eigenvalue weighted by atomic mass is 127. The fraction of sp³-hybridized carbons (Fsp3) is 0.500. The second-order valence-electron chi connectivity index (χ2n) is 3.85. The van der Waals surface area contributed by atoms with Gasteiger partial charge in [-0.15, -0.1) is 0 Å². The van der Waals surface area contributed by atoms with E-state index in [9.17, 15) is 0 Å². The monoisotopic (exact) mass is 318 g/mol. The van der Waals surface area contributed by atoms with Gasteiger partial charge in [0.2, 0.25) is 0 Å². The number of hydrogen-bond donors (Lipinski definition) is 0. The van der Waals surface area contributed by atoms with Crippen LogP contribution in [0.25, 0.3) is 0 Å². The van der Waals surface area contributed by atoms with Crippen LogP contribution in [0.5, 0.6) is 0 Å². The number of hydrogen-bond acceptors (Lipinski definition) is 2. The molecule has 0 aliphatic carbocycles. The summed E-state index contributed by atoms with van der Waals surface area (Å²) < 4.78 is 12.0. The van der Waals surface area contributed by atoms with E-state index in [0.717, 1.165) is 17.6 Å². The van der Waals surface area contributed by atoms with E-state index in [0.29, 0.717) is 6.10 Å². The molecule has 1 aromatic carbocycles. The number of halogens is 1. The number of aryl methyl sites for hydroxylation is 1. The number of benzene rings is 1. The van der Waals surface area contributed by atoms with Gasteiger partial charge in [0.05, 0.1) is 19.3 Å². The van der Waals surface area contributed by atoms with Gasteiger partial charge in [0, 0.05) is 4.43 Å². The van der Waals surface area contributed by atoms with E-state index in [-0.39, 0.29) is 6.10 Å². The van der Waals surface area contributed by atoms with Gasteiger partial charge in [0.15, 0.2) is 0 Å². The van der Waals surface area contributed by atoms with Crippen molar-refractivity contribution in [3.8, 4) is 0 Å². The van der Waals surface area contributed by atoms with Crippen molar-refractivity contribution in [2.24, 2.45) is 0 Å². The molecule has 1 aliphatic heterocycles. The molecule has 0 aromatic heterocycles. The summed E-state index contributed by atoms with van der Waals surface area (Å²) in [6, 6.07) is 8.53. The molecule has 0 spiro atoms. The van der Waals surface area contributed by atoms with Gasteiger partial charge in [0.25, 0.3) is 0 Å². The minimum absolute atomic E-state index is 0.208. The van der Waals surface area contributed by atoms with Gasteiger partial charge < -0.3 is 9.47 Å². The SMILES string of the molecule is Cc1cccc(C(CI)OC2COC2)c1. The highest BCUT2D eigenvalue weighted by molar-refractivity contribution is 14.1. The molecule has 1 fully saturated rings. The van der Waals surface area contributed by atoms with Gasteiger partial charge >= 0.3 is 0 Å². The number of alkyl halides is 1. The highest BCUT2D eigenvalue weighted by Crippen LogP contribution is 2.24. The summed E-state index contributed by atoms with van der Waals surface area (Å²) in [5.41, 5.74) is 2.56. The average molecular weight is 318 g/mol. The molecule has 15 heavy (non-hydrogen) atoms. The molecule has 3 heteroatoms. The van der Waals surface area contributed by atoms with Crippen LogP contribution in [-0.2, 0) is 9.47 Å². The van der Waals surface area contributed by atoms with Crippen molar-refractivity contribution >= 4 is 22.6 Å². The maximum Gasteiger partial charge on any atom is 0.105 e. The van der Waals surface area contributed by atoms with Crippen molar-refractivity contribution in [1.82, 2.24) is 0 Å². The zero-order valence-corrected chi connectivity index (χ0v) is 10.9.